The van der Waals surface area contributed by atoms with Crippen molar-refractivity contribution in [3.63, 3.8) is 0 Å². The molecule has 1 heterocycles. The molecular weight excluding hydrogens is 437 g/mol. The molecule has 140 valence electrons. The Morgan fingerprint density at radius 2 is 1.85 bits per heavy atom. The molecule has 1 aliphatic heterocycles. The van der Waals surface area contributed by atoms with Crippen molar-refractivity contribution in [2.75, 3.05) is 16.6 Å². The molecule has 0 atom stereocenters. The lowest BCUT2D eigenvalue weighted by molar-refractivity contribution is -0.274. The topological polar surface area (TPSA) is 67.4 Å². The molecule has 3 rings (SSSR count). The van der Waals surface area contributed by atoms with Gasteiger partial charge in [0.2, 0.25) is 0 Å². The van der Waals surface area contributed by atoms with Crippen LogP contribution in [0.15, 0.2) is 45.8 Å². The van der Waals surface area contributed by atoms with Crippen molar-refractivity contribution in [3.05, 3.63) is 46.4 Å². The van der Waals surface area contributed by atoms with Crippen molar-refractivity contribution in [1.82, 2.24) is 0 Å². The van der Waals surface area contributed by atoms with Gasteiger partial charge < -0.3 is 10.1 Å². The first-order valence-corrected chi connectivity index (χ1v) is 9.87. The van der Waals surface area contributed by atoms with Crippen LogP contribution >= 0.6 is 15.9 Å². The van der Waals surface area contributed by atoms with Crippen LogP contribution in [-0.4, -0.2) is 21.3 Å². The first kappa shape index (κ1) is 18.8. The van der Waals surface area contributed by atoms with Crippen LogP contribution in [0.1, 0.15) is 12.0 Å². The molecule has 1 aliphatic rings. The van der Waals surface area contributed by atoms with Crippen molar-refractivity contribution in [2.24, 2.45) is 0 Å². The van der Waals surface area contributed by atoms with E-state index in [4.69, 9.17) is 0 Å². The highest BCUT2D eigenvalue weighted by atomic mass is 79.9. The summed E-state index contributed by atoms with van der Waals surface area (Å²) in [6.45, 7) is 0.667. The first-order chi connectivity index (χ1) is 12.1. The molecule has 2 N–H and O–H groups in total. The van der Waals surface area contributed by atoms with Crippen LogP contribution in [0, 0.1) is 0 Å². The van der Waals surface area contributed by atoms with Crippen LogP contribution < -0.4 is 14.8 Å². The van der Waals surface area contributed by atoms with Gasteiger partial charge in [-0.3, -0.25) is 4.72 Å². The van der Waals surface area contributed by atoms with Gasteiger partial charge in [-0.25, -0.2) is 8.42 Å². The Labute approximate surface area is 156 Å². The van der Waals surface area contributed by atoms with Gasteiger partial charge in [-0.1, -0.05) is 15.9 Å². The maximum absolute atomic E-state index is 12.8. The van der Waals surface area contributed by atoms with Crippen molar-refractivity contribution in [2.45, 2.75) is 24.1 Å². The van der Waals surface area contributed by atoms with Crippen LogP contribution in [-0.2, 0) is 16.4 Å². The van der Waals surface area contributed by atoms with E-state index in [0.29, 0.717) is 16.7 Å². The average Bonchev–Trinajstić information content (AvgIpc) is 2.54. The van der Waals surface area contributed by atoms with Crippen LogP contribution in [0.5, 0.6) is 5.75 Å². The molecule has 26 heavy (non-hydrogen) atoms. The highest BCUT2D eigenvalue weighted by molar-refractivity contribution is 9.10. The van der Waals surface area contributed by atoms with E-state index in [2.05, 4.69) is 30.7 Å². The van der Waals surface area contributed by atoms with Gasteiger partial charge in [-0.05, 0) is 54.8 Å². The third kappa shape index (κ3) is 4.42. The normalized spacial score (nSPS) is 14.3. The second-order valence-electron chi connectivity index (χ2n) is 5.65. The van der Waals surface area contributed by atoms with E-state index in [9.17, 15) is 21.6 Å². The molecule has 0 aromatic heterocycles. The van der Waals surface area contributed by atoms with Crippen LogP contribution in [0.4, 0.5) is 24.5 Å². The number of nitrogens with one attached hydrogen (secondary N) is 2. The van der Waals surface area contributed by atoms with E-state index in [1.807, 2.05) is 6.07 Å². The van der Waals surface area contributed by atoms with Crippen LogP contribution in [0.2, 0.25) is 0 Å². The van der Waals surface area contributed by atoms with Crippen LogP contribution in [0.3, 0.4) is 0 Å². The van der Waals surface area contributed by atoms with Crippen molar-refractivity contribution >= 4 is 37.3 Å². The van der Waals surface area contributed by atoms with Gasteiger partial charge in [0.25, 0.3) is 10.0 Å². The number of fused-ring (bicyclic) bond motifs is 1. The van der Waals surface area contributed by atoms with Gasteiger partial charge in [0.1, 0.15) is 10.6 Å². The number of ether oxygens (including phenoxy) is 1. The average molecular weight is 451 g/mol. The maximum atomic E-state index is 12.8. The molecule has 0 spiro atoms. The predicted octanol–water partition coefficient (Wildman–Crippen LogP) is 4.51. The molecule has 0 unspecified atom stereocenters. The molecule has 2 aromatic carbocycles. The standard InChI is InChI=1S/C16H14BrF3N2O3S/c17-11-8-10-2-1-7-21-15(10)14(9-11)26(23,24)22-12-3-5-13(6-4-12)25-16(18,19)20/h3-6,8-9,21-22H,1-2,7H2. The zero-order chi connectivity index (χ0) is 18.9. The van der Waals surface area contributed by atoms with Crippen molar-refractivity contribution < 1.29 is 26.3 Å². The Hall–Kier alpha value is -1.94. The quantitative estimate of drug-likeness (QED) is 0.718. The number of rotatable bonds is 4. The largest absolute Gasteiger partial charge is 0.573 e. The number of alkyl halides is 3. The monoisotopic (exact) mass is 450 g/mol. The van der Waals surface area contributed by atoms with Gasteiger partial charge in [-0.15, -0.1) is 13.2 Å². The summed E-state index contributed by atoms with van der Waals surface area (Å²) in [7, 11) is -3.93. The number of anilines is 2. The molecule has 2 aromatic rings. The lowest BCUT2D eigenvalue weighted by atomic mass is 10.0. The SMILES string of the molecule is O=S(=O)(Nc1ccc(OC(F)(F)F)cc1)c1cc(Br)cc2c1NCCC2. The number of sulfonamides is 1. The molecule has 0 radical (unpaired) electrons. The Kier molecular flexibility index (Phi) is 5.07. The number of hydrogen-bond acceptors (Lipinski definition) is 4. The summed E-state index contributed by atoms with van der Waals surface area (Å²) in [5.74, 6) is -0.429. The highest BCUT2D eigenvalue weighted by Crippen LogP contribution is 2.34. The Bertz CT molecular complexity index is 916. The van der Waals surface area contributed by atoms with E-state index in [1.54, 1.807) is 0 Å². The molecule has 10 heteroatoms. The summed E-state index contributed by atoms with van der Waals surface area (Å²) < 4.78 is 68.9. The lowest BCUT2D eigenvalue weighted by Gasteiger charge is -2.22. The smallest absolute Gasteiger partial charge is 0.406 e. The molecule has 5 nitrogen and oxygen atoms in total. The Morgan fingerprint density at radius 3 is 2.50 bits per heavy atom. The number of aryl methyl sites for hydroxylation is 1. The second kappa shape index (κ2) is 6.99. The number of hydrogen-bond donors (Lipinski definition) is 2. The molecule has 0 fully saturated rings. The fraction of sp³-hybridized carbons (Fsp3) is 0.250. The molecule has 0 saturated carbocycles. The van der Waals surface area contributed by atoms with E-state index in [-0.39, 0.29) is 10.6 Å². The van der Waals surface area contributed by atoms with Gasteiger partial charge >= 0.3 is 6.36 Å². The number of benzene rings is 2. The number of halogens is 4. The van der Waals surface area contributed by atoms with Gasteiger partial charge in [0.15, 0.2) is 0 Å². The molecule has 0 bridgehead atoms. The summed E-state index contributed by atoms with van der Waals surface area (Å²) in [5, 5.41) is 3.10. The van der Waals surface area contributed by atoms with Gasteiger partial charge in [0.05, 0.1) is 5.69 Å². The summed E-state index contributed by atoms with van der Waals surface area (Å²) in [4.78, 5) is 0.0807. The zero-order valence-corrected chi connectivity index (χ0v) is 15.6. The van der Waals surface area contributed by atoms with Crippen molar-refractivity contribution in [3.8, 4) is 5.75 Å². The van der Waals surface area contributed by atoms with E-state index < -0.39 is 22.1 Å². The predicted molar refractivity (Wildman–Crippen MR) is 94.9 cm³/mol. The summed E-state index contributed by atoms with van der Waals surface area (Å²) in [6.07, 6.45) is -3.15. The maximum Gasteiger partial charge on any atom is 0.573 e. The van der Waals surface area contributed by atoms with Crippen LogP contribution in [0.25, 0.3) is 0 Å². The molecular formula is C16H14BrF3N2O3S. The fourth-order valence-electron chi connectivity index (χ4n) is 2.67. The lowest BCUT2D eigenvalue weighted by Crippen LogP contribution is -2.20. The Balaban J connectivity index is 1.87. The third-order valence-electron chi connectivity index (χ3n) is 3.70. The Morgan fingerprint density at radius 1 is 1.15 bits per heavy atom. The van der Waals surface area contributed by atoms with E-state index >= 15 is 0 Å². The highest BCUT2D eigenvalue weighted by Gasteiger charge is 2.31. The fourth-order valence-corrected chi connectivity index (χ4v) is 4.64. The minimum Gasteiger partial charge on any atom is -0.406 e. The van der Waals surface area contributed by atoms with E-state index in [1.165, 1.54) is 18.2 Å². The zero-order valence-electron chi connectivity index (χ0n) is 13.2. The minimum atomic E-state index is -4.80. The molecule has 0 saturated heterocycles. The second-order valence-corrected chi connectivity index (χ2v) is 8.21. The van der Waals surface area contributed by atoms with Crippen molar-refractivity contribution in [1.29, 1.82) is 0 Å². The summed E-state index contributed by atoms with van der Waals surface area (Å²) >= 11 is 3.31. The van der Waals surface area contributed by atoms with E-state index in [0.717, 1.165) is 30.5 Å². The van der Waals surface area contributed by atoms with Gasteiger partial charge in [-0.2, -0.15) is 0 Å². The minimum absolute atomic E-state index is 0.0807. The summed E-state index contributed by atoms with van der Waals surface area (Å²) in [6, 6.07) is 7.84. The molecule has 0 amide bonds. The molecule has 0 aliphatic carbocycles. The third-order valence-corrected chi connectivity index (χ3v) is 5.57. The first-order valence-electron chi connectivity index (χ1n) is 7.59. The van der Waals surface area contributed by atoms with Gasteiger partial charge in [0, 0.05) is 16.7 Å². The summed E-state index contributed by atoms with van der Waals surface area (Å²) in [5.41, 5.74) is 1.56.